The third-order valence-electron chi connectivity index (χ3n) is 9.39. The highest BCUT2D eigenvalue weighted by molar-refractivity contribution is 6.03. The molecule has 2 aliphatic rings. The smallest absolute Gasteiger partial charge is 0.338 e. The fraction of sp³-hybridized carbons (Fsp3) is 0.361. The number of allylic oxidation sites excluding steroid dienone is 2. The zero-order valence-electron chi connectivity index (χ0n) is 27.4. The lowest BCUT2D eigenvalue weighted by atomic mass is 9.85. The van der Waals surface area contributed by atoms with E-state index in [0.717, 1.165) is 56.8 Å². The number of carbonyl (C=O) groups is 3. The van der Waals surface area contributed by atoms with Gasteiger partial charge in [0.1, 0.15) is 0 Å². The molecule has 0 radical (unpaired) electrons. The van der Waals surface area contributed by atoms with E-state index in [9.17, 15) is 19.5 Å². The molecule has 10 nitrogen and oxygen atoms in total. The fourth-order valence-electron chi connectivity index (χ4n) is 6.69. The predicted octanol–water partition coefficient (Wildman–Crippen LogP) is 7.17. The van der Waals surface area contributed by atoms with Crippen LogP contribution in [0.4, 0.5) is 0 Å². The van der Waals surface area contributed by atoms with Crippen LogP contribution in [-0.2, 0) is 25.5 Å². The van der Waals surface area contributed by atoms with E-state index < -0.39 is 11.9 Å². The lowest BCUT2D eigenvalue weighted by molar-refractivity contribution is -0.141. The second kappa shape index (κ2) is 12.8. The number of hydrogen-bond donors (Lipinski definition) is 3. The van der Waals surface area contributed by atoms with E-state index in [4.69, 9.17) is 19.4 Å². The molecular weight excluding hydrogens is 584 g/mol. The topological polar surface area (TPSA) is 147 Å². The molecule has 3 aromatic heterocycles. The van der Waals surface area contributed by atoms with Gasteiger partial charge < -0.3 is 24.5 Å². The molecule has 5 rings (SSSR count). The minimum absolute atomic E-state index is 0.0436. The standard InChI is InChI=1S/C36H40N4O6/c1-9-21-17(3)25-14-27-19(5)23(11-12-31(41)45-7)34(39-27)24(13-32(42)46-8)35-33(36(43)44)20(6)28(40-35)16-30-22(10-2)18(4)26(38-30)15-29(21)37-25/h9,14-16,19,23,37,40H,1,10-13H2,2-8H3,(H,43,44). The summed E-state index contributed by atoms with van der Waals surface area (Å²) in [4.78, 5) is 55.0. The lowest BCUT2D eigenvalue weighted by Crippen LogP contribution is -2.13. The fourth-order valence-corrected chi connectivity index (χ4v) is 6.69. The van der Waals surface area contributed by atoms with E-state index in [2.05, 4.69) is 23.5 Å². The number of ether oxygens (including phenoxy) is 2. The van der Waals surface area contributed by atoms with Gasteiger partial charge in [-0.25, -0.2) is 9.78 Å². The Hall–Kier alpha value is -4.99. The van der Waals surface area contributed by atoms with Crippen LogP contribution in [0.2, 0.25) is 0 Å². The van der Waals surface area contributed by atoms with Crippen molar-refractivity contribution in [1.29, 1.82) is 0 Å². The Bertz CT molecular complexity index is 1980. The quantitative estimate of drug-likeness (QED) is 0.224. The third-order valence-corrected chi connectivity index (χ3v) is 9.39. The van der Waals surface area contributed by atoms with Crippen LogP contribution >= 0.6 is 0 Å². The van der Waals surface area contributed by atoms with Crippen LogP contribution < -0.4 is 0 Å². The molecule has 10 heteroatoms. The van der Waals surface area contributed by atoms with Crippen LogP contribution in [0.3, 0.4) is 0 Å². The molecule has 0 aliphatic carbocycles. The third kappa shape index (κ3) is 5.63. The monoisotopic (exact) mass is 624 g/mol. The number of fused-ring (bicyclic) bond motifs is 8. The molecule has 8 bridgehead atoms. The van der Waals surface area contributed by atoms with Crippen molar-refractivity contribution in [3.8, 4) is 0 Å². The van der Waals surface area contributed by atoms with E-state index in [-0.39, 0.29) is 41.7 Å². The van der Waals surface area contributed by atoms with Crippen molar-refractivity contribution in [2.24, 2.45) is 0 Å². The summed E-state index contributed by atoms with van der Waals surface area (Å²) in [6.45, 7) is 14.0. The lowest BCUT2D eigenvalue weighted by Gasteiger charge is -2.17. The molecule has 2 aliphatic heterocycles. The molecule has 0 saturated carbocycles. The number of carboxylic acid groups (broad SMARTS) is 1. The predicted molar refractivity (Wildman–Crippen MR) is 178 cm³/mol. The highest BCUT2D eigenvalue weighted by Crippen LogP contribution is 2.43. The van der Waals surface area contributed by atoms with Gasteiger partial charge >= 0.3 is 17.9 Å². The number of nitrogens with zero attached hydrogens (tertiary/aromatic N) is 2. The number of methoxy groups -OCH3 is 2. The van der Waals surface area contributed by atoms with Gasteiger partial charge in [-0.15, -0.1) is 0 Å². The Morgan fingerprint density at radius 3 is 2.26 bits per heavy atom. The SMILES string of the molecule is C=Cc1c(C)c2cc3nc(c(CC(=O)OC)c4[nH]c(cc5nc(cc1[nH]2)C(C)=C5CC)c(C)c4C(=O)O)C(CCC(=O)OC)C3C. The van der Waals surface area contributed by atoms with E-state index in [0.29, 0.717) is 28.8 Å². The first-order valence-corrected chi connectivity index (χ1v) is 15.4. The molecule has 0 spiro atoms. The van der Waals surface area contributed by atoms with Crippen LogP contribution in [0.15, 0.2) is 24.8 Å². The van der Waals surface area contributed by atoms with Crippen molar-refractivity contribution in [3.05, 3.63) is 75.4 Å². The average molecular weight is 625 g/mol. The molecule has 2 unspecified atom stereocenters. The Morgan fingerprint density at radius 2 is 1.63 bits per heavy atom. The van der Waals surface area contributed by atoms with Gasteiger partial charge in [0.2, 0.25) is 0 Å². The number of rotatable bonds is 8. The van der Waals surface area contributed by atoms with Crippen LogP contribution in [0.25, 0.3) is 39.3 Å². The first kappa shape index (κ1) is 32.4. The molecule has 5 heterocycles. The molecular formula is C36H40N4O6. The van der Waals surface area contributed by atoms with Crippen molar-refractivity contribution in [3.63, 3.8) is 0 Å². The maximum absolute atomic E-state index is 12.9. The van der Waals surface area contributed by atoms with Crippen molar-refractivity contribution >= 4 is 57.2 Å². The number of aryl methyl sites for hydroxylation is 2. The van der Waals surface area contributed by atoms with Gasteiger partial charge in [-0.05, 0) is 74.1 Å². The van der Waals surface area contributed by atoms with Gasteiger partial charge in [-0.1, -0.05) is 26.5 Å². The van der Waals surface area contributed by atoms with Gasteiger partial charge in [0.25, 0.3) is 0 Å². The first-order valence-electron chi connectivity index (χ1n) is 15.4. The number of carboxylic acids is 1. The minimum atomic E-state index is -1.14. The van der Waals surface area contributed by atoms with Crippen LogP contribution in [-0.4, -0.2) is 57.2 Å². The van der Waals surface area contributed by atoms with Crippen molar-refractivity contribution in [1.82, 2.24) is 19.9 Å². The highest BCUT2D eigenvalue weighted by atomic mass is 16.5. The first-order chi connectivity index (χ1) is 21.9. The average Bonchev–Trinajstić information content (AvgIpc) is 3.71. The maximum atomic E-state index is 12.9. The number of hydrogen-bond acceptors (Lipinski definition) is 7. The molecule has 0 fully saturated rings. The number of aromatic amines is 2. The summed E-state index contributed by atoms with van der Waals surface area (Å²) < 4.78 is 10.0. The van der Waals surface area contributed by atoms with Crippen LogP contribution in [0.5, 0.6) is 0 Å². The van der Waals surface area contributed by atoms with Gasteiger partial charge in [0, 0.05) is 51.6 Å². The molecule has 0 amide bonds. The zero-order chi connectivity index (χ0) is 33.4. The summed E-state index contributed by atoms with van der Waals surface area (Å²) in [7, 11) is 2.64. The summed E-state index contributed by atoms with van der Waals surface area (Å²) in [6.07, 6.45) is 2.84. The second-order valence-corrected chi connectivity index (χ2v) is 11.8. The minimum Gasteiger partial charge on any atom is -0.478 e. The summed E-state index contributed by atoms with van der Waals surface area (Å²) in [5.74, 6) is -2.53. The Labute approximate surface area is 267 Å². The summed E-state index contributed by atoms with van der Waals surface area (Å²) in [6, 6.07) is 5.87. The highest BCUT2D eigenvalue weighted by Gasteiger charge is 2.34. The Balaban J connectivity index is 2.02. The number of aromatic carboxylic acids is 1. The number of H-pyrrole nitrogens is 2. The molecule has 3 aromatic rings. The van der Waals surface area contributed by atoms with E-state index in [1.807, 2.05) is 45.0 Å². The van der Waals surface area contributed by atoms with Gasteiger partial charge in [0.05, 0.1) is 48.8 Å². The van der Waals surface area contributed by atoms with Crippen LogP contribution in [0.1, 0.15) is 107 Å². The van der Waals surface area contributed by atoms with Gasteiger partial charge in [-0.2, -0.15) is 0 Å². The number of aromatic nitrogens is 4. The molecule has 0 saturated heterocycles. The largest absolute Gasteiger partial charge is 0.478 e. The Morgan fingerprint density at radius 1 is 0.957 bits per heavy atom. The molecule has 2 atom stereocenters. The zero-order valence-corrected chi connectivity index (χ0v) is 27.4. The van der Waals surface area contributed by atoms with E-state index in [1.165, 1.54) is 14.2 Å². The molecule has 240 valence electrons. The number of carbonyl (C=O) groups excluding carboxylic acids is 2. The van der Waals surface area contributed by atoms with Crippen LogP contribution in [0, 0.1) is 13.8 Å². The van der Waals surface area contributed by atoms with Gasteiger partial charge in [-0.3, -0.25) is 14.6 Å². The normalized spacial score (nSPS) is 16.0. The molecule has 3 N–H and O–H groups in total. The van der Waals surface area contributed by atoms with Crippen molar-refractivity contribution in [2.45, 2.75) is 72.1 Å². The maximum Gasteiger partial charge on any atom is 0.338 e. The van der Waals surface area contributed by atoms with E-state index >= 15 is 0 Å². The number of nitrogens with one attached hydrogen (secondary N) is 2. The summed E-state index contributed by atoms with van der Waals surface area (Å²) >= 11 is 0. The van der Waals surface area contributed by atoms with Crippen molar-refractivity contribution in [2.75, 3.05) is 14.2 Å². The second-order valence-electron chi connectivity index (χ2n) is 11.8. The summed E-state index contributed by atoms with van der Waals surface area (Å²) in [5, 5.41) is 10.5. The van der Waals surface area contributed by atoms with Gasteiger partial charge in [0.15, 0.2) is 0 Å². The number of esters is 2. The van der Waals surface area contributed by atoms with E-state index in [1.54, 1.807) is 6.92 Å². The molecule has 0 aromatic carbocycles. The Kier molecular flexibility index (Phi) is 9.01. The van der Waals surface area contributed by atoms with Crippen molar-refractivity contribution < 1.29 is 29.0 Å². The molecule has 46 heavy (non-hydrogen) atoms. The summed E-state index contributed by atoms with van der Waals surface area (Å²) in [5.41, 5.74) is 10.4.